The molecule has 2 amide bonds. The van der Waals surface area contributed by atoms with E-state index in [1.165, 1.54) is 0 Å². The molecule has 182 valence electrons. The Kier molecular flexibility index (Phi) is 7.07. The number of nitrogens with zero attached hydrogens (tertiary/aromatic N) is 3. The van der Waals surface area contributed by atoms with Gasteiger partial charge in [0.15, 0.2) is 0 Å². The predicted molar refractivity (Wildman–Crippen MR) is 128 cm³/mol. The summed E-state index contributed by atoms with van der Waals surface area (Å²) in [6.45, 7) is 4.49. The van der Waals surface area contributed by atoms with Crippen LogP contribution in [0.3, 0.4) is 0 Å². The molecule has 34 heavy (non-hydrogen) atoms. The number of aliphatic hydroxyl groups excluding tert-OH is 1. The maximum Gasteiger partial charge on any atom is 0.259 e. The van der Waals surface area contributed by atoms with E-state index in [-0.39, 0.29) is 48.3 Å². The summed E-state index contributed by atoms with van der Waals surface area (Å²) in [6, 6.07) is 8.96. The number of methoxy groups -OCH3 is 1. The second-order valence-corrected chi connectivity index (χ2v) is 9.42. The van der Waals surface area contributed by atoms with Gasteiger partial charge in [0.1, 0.15) is 17.4 Å². The van der Waals surface area contributed by atoms with Crippen molar-refractivity contribution in [3.8, 4) is 22.8 Å². The van der Waals surface area contributed by atoms with Gasteiger partial charge in [-0.15, -0.1) is 0 Å². The molecule has 2 aromatic rings. The fourth-order valence-corrected chi connectivity index (χ4v) is 4.26. The number of pyridine rings is 1. The molecule has 2 aliphatic rings. The Hall–Kier alpha value is -3.13. The van der Waals surface area contributed by atoms with Crippen LogP contribution in [0.5, 0.6) is 11.6 Å². The maximum absolute atomic E-state index is 13.6. The van der Waals surface area contributed by atoms with E-state index < -0.39 is 0 Å². The number of benzene rings is 1. The molecular weight excluding hydrogens is 434 g/mol. The molecule has 0 saturated heterocycles. The third kappa shape index (κ3) is 5.01. The molecular formula is C26H33N3O5. The first-order valence-corrected chi connectivity index (χ1v) is 11.8. The minimum atomic E-state index is -0.364. The number of ether oxygens (including phenoxy) is 2. The topological polar surface area (TPSA) is 92.2 Å². The molecule has 8 nitrogen and oxygen atoms in total. The lowest BCUT2D eigenvalue weighted by Gasteiger charge is -2.37. The van der Waals surface area contributed by atoms with Crippen molar-refractivity contribution in [1.82, 2.24) is 14.8 Å². The smallest absolute Gasteiger partial charge is 0.259 e. The van der Waals surface area contributed by atoms with E-state index in [0.717, 1.165) is 29.7 Å². The van der Waals surface area contributed by atoms with E-state index >= 15 is 0 Å². The van der Waals surface area contributed by atoms with Crippen molar-refractivity contribution in [3.63, 3.8) is 0 Å². The third-order valence-electron chi connectivity index (χ3n) is 6.70. The number of hydrogen-bond acceptors (Lipinski definition) is 6. The van der Waals surface area contributed by atoms with Gasteiger partial charge in [-0.3, -0.25) is 9.59 Å². The van der Waals surface area contributed by atoms with E-state index in [0.29, 0.717) is 18.7 Å². The van der Waals surface area contributed by atoms with Crippen molar-refractivity contribution in [1.29, 1.82) is 0 Å². The number of rotatable bonds is 7. The van der Waals surface area contributed by atoms with Gasteiger partial charge in [0.25, 0.3) is 5.91 Å². The van der Waals surface area contributed by atoms with E-state index in [9.17, 15) is 14.7 Å². The lowest BCUT2D eigenvalue weighted by atomic mass is 9.99. The first kappa shape index (κ1) is 24.0. The zero-order valence-electron chi connectivity index (χ0n) is 20.2. The second-order valence-electron chi connectivity index (χ2n) is 9.42. The predicted octanol–water partition coefficient (Wildman–Crippen LogP) is 2.85. The van der Waals surface area contributed by atoms with Gasteiger partial charge in [0, 0.05) is 37.2 Å². The van der Waals surface area contributed by atoms with E-state index in [4.69, 9.17) is 9.47 Å². The standard InChI is InChI=1S/C26H33N3O5/c1-16-13-29(17(2)15-30)26(32)22-11-20(18-7-9-21(33-4)10-8-18)12-27-24(22)34-23(16)14-28(3)25(31)19-5-6-19/h7-12,16-17,19,23,30H,5-6,13-15H2,1-4H3/t16-,17-,23+/m1/s1. The van der Waals surface area contributed by atoms with Gasteiger partial charge in [-0.2, -0.15) is 0 Å². The molecule has 2 heterocycles. The van der Waals surface area contributed by atoms with Gasteiger partial charge in [0.05, 0.1) is 26.3 Å². The summed E-state index contributed by atoms with van der Waals surface area (Å²) in [5.41, 5.74) is 2.02. The van der Waals surface area contributed by atoms with Gasteiger partial charge in [-0.25, -0.2) is 4.98 Å². The van der Waals surface area contributed by atoms with Crippen LogP contribution < -0.4 is 9.47 Å². The molecule has 1 aliphatic carbocycles. The first-order valence-electron chi connectivity index (χ1n) is 11.8. The van der Waals surface area contributed by atoms with Gasteiger partial charge >= 0.3 is 0 Å². The summed E-state index contributed by atoms with van der Waals surface area (Å²) in [5, 5.41) is 9.83. The number of aliphatic hydroxyl groups is 1. The molecule has 0 radical (unpaired) electrons. The zero-order chi connectivity index (χ0) is 24.4. The van der Waals surface area contributed by atoms with Crippen LogP contribution in [0.2, 0.25) is 0 Å². The van der Waals surface area contributed by atoms with Crippen LogP contribution in [0.1, 0.15) is 37.0 Å². The summed E-state index contributed by atoms with van der Waals surface area (Å²) in [7, 11) is 3.41. The first-order chi connectivity index (χ1) is 16.3. The van der Waals surface area contributed by atoms with Crippen LogP contribution in [0.25, 0.3) is 11.1 Å². The number of aromatic nitrogens is 1. The van der Waals surface area contributed by atoms with Crippen LogP contribution in [0.15, 0.2) is 36.5 Å². The molecule has 1 N–H and O–H groups in total. The SMILES string of the molecule is COc1ccc(-c2cnc3c(c2)C(=O)N([C@H](C)CO)C[C@@H](C)[C@H](CN(C)C(=O)C2CC2)O3)cc1. The average Bonchev–Trinajstić information content (AvgIpc) is 3.70. The van der Waals surface area contributed by atoms with Crippen LogP contribution in [0.4, 0.5) is 0 Å². The lowest BCUT2D eigenvalue weighted by Crippen LogP contribution is -2.50. The number of carbonyl (C=O) groups excluding carboxylic acids is 2. The Morgan fingerprint density at radius 2 is 2.00 bits per heavy atom. The largest absolute Gasteiger partial charge is 0.497 e. The van der Waals surface area contributed by atoms with Crippen molar-refractivity contribution in [3.05, 3.63) is 42.1 Å². The summed E-state index contributed by atoms with van der Waals surface area (Å²) in [5.74, 6) is 0.959. The monoisotopic (exact) mass is 467 g/mol. The van der Waals surface area contributed by atoms with E-state index in [2.05, 4.69) is 4.98 Å². The second kappa shape index (κ2) is 10.0. The van der Waals surface area contributed by atoms with Crippen LogP contribution in [-0.4, -0.2) is 77.7 Å². The Bertz CT molecular complexity index is 1040. The molecule has 3 atom stereocenters. The zero-order valence-corrected chi connectivity index (χ0v) is 20.2. The lowest BCUT2D eigenvalue weighted by molar-refractivity contribution is -0.132. The molecule has 1 aliphatic heterocycles. The normalized spacial score (nSPS) is 21.1. The summed E-state index contributed by atoms with van der Waals surface area (Å²) in [6.07, 6.45) is 3.24. The highest BCUT2D eigenvalue weighted by Gasteiger charge is 2.37. The molecule has 1 fully saturated rings. The molecule has 1 saturated carbocycles. The van der Waals surface area contributed by atoms with Gasteiger partial charge in [0.2, 0.25) is 11.8 Å². The number of hydrogen-bond donors (Lipinski definition) is 1. The molecule has 1 aromatic carbocycles. The van der Waals surface area contributed by atoms with Crippen molar-refractivity contribution in [2.45, 2.75) is 38.8 Å². The Labute approximate surface area is 200 Å². The quantitative estimate of drug-likeness (QED) is 0.673. The molecule has 1 aromatic heterocycles. The molecule has 4 rings (SSSR count). The van der Waals surface area contributed by atoms with Crippen LogP contribution >= 0.6 is 0 Å². The fraction of sp³-hybridized carbons (Fsp3) is 0.500. The van der Waals surface area contributed by atoms with Gasteiger partial charge in [-0.1, -0.05) is 19.1 Å². The highest BCUT2D eigenvalue weighted by atomic mass is 16.5. The van der Waals surface area contributed by atoms with Crippen LogP contribution in [0, 0.1) is 11.8 Å². The van der Waals surface area contributed by atoms with Crippen molar-refractivity contribution in [2.75, 3.05) is 33.9 Å². The maximum atomic E-state index is 13.6. The minimum absolute atomic E-state index is 0.0661. The molecule has 8 heteroatoms. The summed E-state index contributed by atoms with van der Waals surface area (Å²) < 4.78 is 11.5. The van der Waals surface area contributed by atoms with Crippen molar-refractivity contribution >= 4 is 11.8 Å². The highest BCUT2D eigenvalue weighted by Crippen LogP contribution is 2.33. The molecule has 0 unspecified atom stereocenters. The van der Waals surface area contributed by atoms with Crippen LogP contribution in [-0.2, 0) is 4.79 Å². The number of amides is 2. The third-order valence-corrected chi connectivity index (χ3v) is 6.70. The van der Waals surface area contributed by atoms with Crippen molar-refractivity contribution in [2.24, 2.45) is 11.8 Å². The Morgan fingerprint density at radius 3 is 2.62 bits per heavy atom. The number of fused-ring (bicyclic) bond motifs is 1. The average molecular weight is 468 g/mol. The fourth-order valence-electron chi connectivity index (χ4n) is 4.26. The molecule has 0 spiro atoms. The highest BCUT2D eigenvalue weighted by molar-refractivity contribution is 5.98. The van der Waals surface area contributed by atoms with Gasteiger partial charge in [-0.05, 0) is 43.5 Å². The van der Waals surface area contributed by atoms with E-state index in [1.54, 1.807) is 36.2 Å². The number of carbonyl (C=O) groups is 2. The summed E-state index contributed by atoms with van der Waals surface area (Å²) >= 11 is 0. The Morgan fingerprint density at radius 1 is 1.29 bits per heavy atom. The molecule has 0 bridgehead atoms. The van der Waals surface area contributed by atoms with Crippen molar-refractivity contribution < 1.29 is 24.2 Å². The summed E-state index contributed by atoms with van der Waals surface area (Å²) in [4.78, 5) is 34.1. The van der Waals surface area contributed by atoms with E-state index in [1.807, 2.05) is 38.1 Å². The minimum Gasteiger partial charge on any atom is -0.497 e. The number of likely N-dealkylation sites (N-methyl/N-ethyl adjacent to an activating group) is 1. The Balaban J connectivity index is 1.68. The van der Waals surface area contributed by atoms with Gasteiger partial charge < -0.3 is 24.4 Å².